The summed E-state index contributed by atoms with van der Waals surface area (Å²) in [5.41, 5.74) is 5.08. The third-order valence-electron chi connectivity index (χ3n) is 6.00. The van der Waals surface area contributed by atoms with Crippen molar-refractivity contribution < 1.29 is 13.9 Å². The molecule has 0 saturated heterocycles. The molecule has 2 aliphatic carbocycles. The first-order chi connectivity index (χ1) is 14.5. The Hall–Kier alpha value is -3.02. The van der Waals surface area contributed by atoms with Crippen LogP contribution in [0.25, 0.3) is 6.08 Å². The lowest BCUT2D eigenvalue weighted by Crippen LogP contribution is -2.39. The van der Waals surface area contributed by atoms with E-state index in [4.69, 9.17) is 4.74 Å². The number of anilines is 1. The minimum absolute atomic E-state index is 0.293. The normalized spacial score (nSPS) is 23.3. The summed E-state index contributed by atoms with van der Waals surface area (Å²) in [6.45, 7) is 2.83. The van der Waals surface area contributed by atoms with Gasteiger partial charge in [-0.3, -0.25) is 4.79 Å². The number of hydrogen-bond donors (Lipinski definition) is 1. The molecule has 6 heteroatoms. The van der Waals surface area contributed by atoms with Crippen LogP contribution in [0.15, 0.2) is 59.5 Å². The van der Waals surface area contributed by atoms with Crippen LogP contribution in [0.1, 0.15) is 31.7 Å². The number of nitrogens with zero attached hydrogens (tertiary/aromatic N) is 2. The predicted octanol–water partition coefficient (Wildman–Crippen LogP) is 4.15. The van der Waals surface area contributed by atoms with E-state index in [1.807, 2.05) is 31.3 Å². The van der Waals surface area contributed by atoms with Crippen molar-refractivity contribution in [3.63, 3.8) is 0 Å². The highest BCUT2D eigenvalue weighted by atomic mass is 19.1. The van der Waals surface area contributed by atoms with Gasteiger partial charge < -0.3 is 19.9 Å². The molecule has 1 N–H and O–H groups in total. The van der Waals surface area contributed by atoms with Crippen LogP contribution in [0.3, 0.4) is 0 Å². The second-order valence-corrected chi connectivity index (χ2v) is 8.05. The van der Waals surface area contributed by atoms with Gasteiger partial charge in [0.05, 0.1) is 25.5 Å². The molecule has 1 amide bonds. The van der Waals surface area contributed by atoms with E-state index in [9.17, 15) is 9.18 Å². The molecule has 158 valence electrons. The Balaban J connectivity index is 1.44. The third kappa shape index (κ3) is 3.99. The Morgan fingerprint density at radius 3 is 2.93 bits per heavy atom. The molecule has 1 aromatic rings. The predicted molar refractivity (Wildman–Crippen MR) is 118 cm³/mol. The second-order valence-electron chi connectivity index (χ2n) is 8.05. The summed E-state index contributed by atoms with van der Waals surface area (Å²) in [4.78, 5) is 16.7. The maximum absolute atomic E-state index is 14.4. The summed E-state index contributed by atoms with van der Waals surface area (Å²) in [5.74, 6) is 0.441. The lowest BCUT2D eigenvalue weighted by Gasteiger charge is -2.21. The van der Waals surface area contributed by atoms with E-state index in [0.29, 0.717) is 6.42 Å². The molecular formula is C24H28FN3O2. The molecule has 5 nitrogen and oxygen atoms in total. The van der Waals surface area contributed by atoms with E-state index < -0.39 is 12.2 Å². The molecule has 2 atom stereocenters. The van der Waals surface area contributed by atoms with Crippen molar-refractivity contribution in [2.45, 2.75) is 38.4 Å². The van der Waals surface area contributed by atoms with Gasteiger partial charge in [-0.15, -0.1) is 0 Å². The third-order valence-corrected chi connectivity index (χ3v) is 6.00. The molecule has 1 heterocycles. The highest BCUT2D eigenvalue weighted by Crippen LogP contribution is 2.36. The number of methoxy groups -OCH3 is 1. The standard InChI is InChI=1S/C24H28FN3O2/c1-16-14-28(15-27(16)2)21-10-8-17(12-22(21)30-3)9-11-23(29)26-24-19-7-5-4-6-18(19)13-20(24)25/h5,7-12,14,20,24H,4,6,13,15H2,1-3H3,(H,26,29)/b11-9+/t20-,24+/m0/s1. The minimum atomic E-state index is -1.05. The molecule has 4 rings (SSSR count). The molecule has 30 heavy (non-hydrogen) atoms. The van der Waals surface area contributed by atoms with Crippen molar-refractivity contribution in [1.29, 1.82) is 0 Å². The summed E-state index contributed by atoms with van der Waals surface area (Å²) in [6, 6.07) is 5.28. The topological polar surface area (TPSA) is 44.8 Å². The van der Waals surface area contributed by atoms with Crippen molar-refractivity contribution in [1.82, 2.24) is 10.2 Å². The van der Waals surface area contributed by atoms with Gasteiger partial charge in [-0.2, -0.15) is 0 Å². The number of carbonyl (C=O) groups excluding carboxylic acids is 1. The van der Waals surface area contributed by atoms with E-state index in [2.05, 4.69) is 34.3 Å². The summed E-state index contributed by atoms with van der Waals surface area (Å²) >= 11 is 0. The minimum Gasteiger partial charge on any atom is -0.495 e. The number of ether oxygens (including phenoxy) is 1. The number of alkyl halides is 1. The zero-order valence-electron chi connectivity index (χ0n) is 17.7. The fraction of sp³-hybridized carbons (Fsp3) is 0.375. The Labute approximate surface area is 177 Å². The number of rotatable bonds is 5. The average Bonchev–Trinajstić information content (AvgIpc) is 3.24. The number of carbonyl (C=O) groups is 1. The zero-order valence-corrected chi connectivity index (χ0v) is 17.7. The molecule has 3 aliphatic rings. The molecule has 0 aromatic heterocycles. The average molecular weight is 410 g/mol. The summed E-state index contributed by atoms with van der Waals surface area (Å²) in [7, 11) is 3.68. The first-order valence-corrected chi connectivity index (χ1v) is 10.3. The van der Waals surface area contributed by atoms with Gasteiger partial charge in [-0.25, -0.2) is 4.39 Å². The molecule has 1 aliphatic heterocycles. The van der Waals surface area contributed by atoms with Crippen molar-refractivity contribution in [3.05, 3.63) is 65.0 Å². The first-order valence-electron chi connectivity index (χ1n) is 10.3. The Bertz CT molecular complexity index is 963. The van der Waals surface area contributed by atoms with Gasteiger partial charge in [0.1, 0.15) is 11.9 Å². The fourth-order valence-electron chi connectivity index (χ4n) is 4.25. The lowest BCUT2D eigenvalue weighted by molar-refractivity contribution is -0.117. The van der Waals surface area contributed by atoms with Crippen LogP contribution < -0.4 is 15.0 Å². The maximum Gasteiger partial charge on any atom is 0.244 e. The number of amides is 1. The Morgan fingerprint density at radius 2 is 2.20 bits per heavy atom. The molecule has 0 spiro atoms. The van der Waals surface area contributed by atoms with E-state index in [-0.39, 0.29) is 5.91 Å². The lowest BCUT2D eigenvalue weighted by atomic mass is 9.99. The number of benzene rings is 1. The largest absolute Gasteiger partial charge is 0.495 e. The quantitative estimate of drug-likeness (QED) is 0.742. The van der Waals surface area contributed by atoms with Crippen molar-refractivity contribution in [2.75, 3.05) is 25.7 Å². The van der Waals surface area contributed by atoms with E-state index in [0.717, 1.165) is 47.7 Å². The van der Waals surface area contributed by atoms with Crippen molar-refractivity contribution >= 4 is 17.7 Å². The van der Waals surface area contributed by atoms with Gasteiger partial charge in [0.15, 0.2) is 0 Å². The van der Waals surface area contributed by atoms with Gasteiger partial charge >= 0.3 is 0 Å². The number of hydrogen-bond acceptors (Lipinski definition) is 4. The van der Waals surface area contributed by atoms with Crippen LogP contribution in [-0.2, 0) is 4.79 Å². The van der Waals surface area contributed by atoms with Gasteiger partial charge in [0.2, 0.25) is 5.91 Å². The van der Waals surface area contributed by atoms with Gasteiger partial charge in [-0.1, -0.05) is 23.8 Å². The molecule has 0 unspecified atom stereocenters. The molecule has 0 saturated carbocycles. The smallest absolute Gasteiger partial charge is 0.244 e. The number of nitrogens with one attached hydrogen (secondary N) is 1. The van der Waals surface area contributed by atoms with Crippen LogP contribution in [0.2, 0.25) is 0 Å². The Morgan fingerprint density at radius 1 is 1.37 bits per heavy atom. The fourth-order valence-corrected chi connectivity index (χ4v) is 4.25. The molecule has 1 aromatic carbocycles. The van der Waals surface area contributed by atoms with Gasteiger partial charge in [0.25, 0.3) is 0 Å². The number of allylic oxidation sites excluding steroid dienone is 3. The molecule has 0 radical (unpaired) electrons. The van der Waals surface area contributed by atoms with Gasteiger partial charge in [0, 0.05) is 31.4 Å². The summed E-state index contributed by atoms with van der Waals surface area (Å²) < 4.78 is 20.0. The highest BCUT2D eigenvalue weighted by molar-refractivity contribution is 5.92. The monoisotopic (exact) mass is 409 g/mol. The Kier molecular flexibility index (Phi) is 5.66. The van der Waals surface area contributed by atoms with Gasteiger partial charge in [-0.05, 0) is 49.1 Å². The highest BCUT2D eigenvalue weighted by Gasteiger charge is 2.34. The number of halogens is 1. The second kappa shape index (κ2) is 8.38. The van der Waals surface area contributed by atoms with E-state index in [1.165, 1.54) is 11.8 Å². The SMILES string of the molecule is COc1cc(/C=C/C(=O)N[C@@H]2C3=C(CCC=C3)C[C@@H]2F)ccc1N1C=C(C)N(C)C1. The van der Waals surface area contributed by atoms with Crippen LogP contribution in [-0.4, -0.2) is 43.8 Å². The summed E-state index contributed by atoms with van der Waals surface area (Å²) in [5, 5.41) is 2.83. The van der Waals surface area contributed by atoms with Crippen LogP contribution >= 0.6 is 0 Å². The van der Waals surface area contributed by atoms with Crippen molar-refractivity contribution in [3.8, 4) is 5.75 Å². The zero-order chi connectivity index (χ0) is 21.3. The molecule has 0 fully saturated rings. The summed E-state index contributed by atoms with van der Waals surface area (Å²) in [6.07, 6.45) is 10.5. The van der Waals surface area contributed by atoms with Crippen LogP contribution in [0.5, 0.6) is 5.75 Å². The van der Waals surface area contributed by atoms with Crippen LogP contribution in [0, 0.1) is 0 Å². The first kappa shape index (κ1) is 20.3. The van der Waals surface area contributed by atoms with E-state index in [1.54, 1.807) is 13.2 Å². The molecular weight excluding hydrogens is 381 g/mol. The molecule has 0 bridgehead atoms. The van der Waals surface area contributed by atoms with Crippen molar-refractivity contribution in [2.24, 2.45) is 0 Å². The van der Waals surface area contributed by atoms with Crippen LogP contribution in [0.4, 0.5) is 10.1 Å². The maximum atomic E-state index is 14.4. The van der Waals surface area contributed by atoms with E-state index >= 15 is 0 Å².